The molecule has 3 aromatic rings. The van der Waals surface area contributed by atoms with Crippen molar-refractivity contribution < 1.29 is 28.5 Å². The molecule has 3 aromatic carbocycles. The van der Waals surface area contributed by atoms with E-state index in [4.69, 9.17) is 24.7 Å². The van der Waals surface area contributed by atoms with Crippen molar-refractivity contribution >= 4 is 11.8 Å². The maximum Gasteiger partial charge on any atom is 0.254 e. The predicted molar refractivity (Wildman–Crippen MR) is 169 cm³/mol. The normalized spacial score (nSPS) is 22.7. The van der Waals surface area contributed by atoms with Gasteiger partial charge in [0.1, 0.15) is 5.75 Å². The summed E-state index contributed by atoms with van der Waals surface area (Å²) in [6, 6.07) is 21.5. The lowest BCUT2D eigenvalue weighted by molar-refractivity contribution is -0.126. The Balaban J connectivity index is 1.38. The molecular weight excluding hydrogens is 558 g/mol. The van der Waals surface area contributed by atoms with Crippen LogP contribution >= 0.6 is 0 Å². The molecular formula is C35H43N3O6. The SMILES string of the molecule is COc1ccc(C2CN(C(C)C3CCN(C(=O)c4cc(OC)c(OC)c(OC)c4)C3)CCC2(C(N)=O)c2ccccc2)cc1. The van der Waals surface area contributed by atoms with E-state index in [1.165, 1.54) is 0 Å². The highest BCUT2D eigenvalue weighted by molar-refractivity contribution is 5.96. The summed E-state index contributed by atoms with van der Waals surface area (Å²) in [6.07, 6.45) is 1.49. The van der Waals surface area contributed by atoms with Gasteiger partial charge >= 0.3 is 0 Å². The number of piperidine rings is 1. The van der Waals surface area contributed by atoms with E-state index in [1.807, 2.05) is 59.5 Å². The second-order valence-electron chi connectivity index (χ2n) is 11.7. The van der Waals surface area contributed by atoms with Gasteiger partial charge in [-0.3, -0.25) is 14.5 Å². The van der Waals surface area contributed by atoms with Gasteiger partial charge in [-0.2, -0.15) is 0 Å². The van der Waals surface area contributed by atoms with E-state index in [0.29, 0.717) is 48.9 Å². The number of carbonyl (C=O) groups is 2. The third-order valence-electron chi connectivity index (χ3n) is 9.73. The van der Waals surface area contributed by atoms with Crippen LogP contribution in [0.4, 0.5) is 0 Å². The van der Waals surface area contributed by atoms with E-state index in [2.05, 4.69) is 11.8 Å². The lowest BCUT2D eigenvalue weighted by Gasteiger charge is -2.49. The summed E-state index contributed by atoms with van der Waals surface area (Å²) in [5, 5.41) is 0. The Hall–Kier alpha value is -4.24. The lowest BCUT2D eigenvalue weighted by atomic mass is 9.62. The van der Waals surface area contributed by atoms with E-state index in [1.54, 1.807) is 40.6 Å². The highest BCUT2D eigenvalue weighted by atomic mass is 16.5. The predicted octanol–water partition coefficient (Wildman–Crippen LogP) is 4.48. The number of nitrogens with zero attached hydrogens (tertiary/aromatic N) is 2. The van der Waals surface area contributed by atoms with E-state index in [0.717, 1.165) is 29.8 Å². The van der Waals surface area contributed by atoms with Crippen LogP contribution in [-0.4, -0.2) is 82.3 Å². The number of nitrogens with two attached hydrogens (primary N) is 1. The summed E-state index contributed by atoms with van der Waals surface area (Å²) in [4.78, 5) is 31.4. The maximum atomic E-state index is 13.6. The minimum atomic E-state index is -0.837. The zero-order valence-corrected chi connectivity index (χ0v) is 26.2. The molecule has 2 saturated heterocycles. The van der Waals surface area contributed by atoms with E-state index >= 15 is 0 Å². The smallest absolute Gasteiger partial charge is 0.254 e. The molecule has 2 fully saturated rings. The number of likely N-dealkylation sites (tertiary alicyclic amines) is 2. The number of ether oxygens (including phenoxy) is 4. The Morgan fingerprint density at radius 1 is 0.864 bits per heavy atom. The Morgan fingerprint density at radius 3 is 2.09 bits per heavy atom. The molecule has 0 bridgehead atoms. The van der Waals surface area contributed by atoms with Crippen molar-refractivity contribution in [1.29, 1.82) is 0 Å². The number of methoxy groups -OCH3 is 4. The first-order valence-corrected chi connectivity index (χ1v) is 15.1. The quantitative estimate of drug-likeness (QED) is 0.365. The number of primary amides is 1. The van der Waals surface area contributed by atoms with Gasteiger partial charge in [0.15, 0.2) is 11.5 Å². The zero-order chi connectivity index (χ0) is 31.4. The minimum absolute atomic E-state index is 0.0643. The van der Waals surface area contributed by atoms with Crippen LogP contribution in [0.5, 0.6) is 23.0 Å². The Labute approximate surface area is 259 Å². The fourth-order valence-corrected chi connectivity index (χ4v) is 7.14. The van der Waals surface area contributed by atoms with Crippen LogP contribution in [0.3, 0.4) is 0 Å². The molecule has 2 amide bonds. The summed E-state index contributed by atoms with van der Waals surface area (Å²) < 4.78 is 21.8. The van der Waals surface area contributed by atoms with Crippen LogP contribution in [0.15, 0.2) is 66.7 Å². The highest BCUT2D eigenvalue weighted by Gasteiger charge is 2.51. The lowest BCUT2D eigenvalue weighted by Crippen LogP contribution is -2.57. The van der Waals surface area contributed by atoms with Crippen LogP contribution < -0.4 is 24.7 Å². The van der Waals surface area contributed by atoms with Crippen LogP contribution in [0, 0.1) is 5.92 Å². The molecule has 5 rings (SSSR count). The topological polar surface area (TPSA) is 104 Å². The first kappa shape index (κ1) is 31.2. The largest absolute Gasteiger partial charge is 0.497 e. The highest BCUT2D eigenvalue weighted by Crippen LogP contribution is 2.47. The van der Waals surface area contributed by atoms with Gasteiger partial charge in [-0.15, -0.1) is 0 Å². The molecule has 9 nitrogen and oxygen atoms in total. The third kappa shape index (κ3) is 5.68. The van der Waals surface area contributed by atoms with Gasteiger partial charge in [0, 0.05) is 37.2 Å². The first-order chi connectivity index (χ1) is 21.3. The fourth-order valence-electron chi connectivity index (χ4n) is 7.14. The monoisotopic (exact) mass is 601 g/mol. The molecule has 4 unspecified atom stereocenters. The fraction of sp³-hybridized carbons (Fsp3) is 0.429. The summed E-state index contributed by atoms with van der Waals surface area (Å²) >= 11 is 0. The molecule has 234 valence electrons. The van der Waals surface area contributed by atoms with Crippen molar-refractivity contribution in [3.05, 3.63) is 83.4 Å². The van der Waals surface area contributed by atoms with E-state index in [-0.39, 0.29) is 29.7 Å². The molecule has 0 spiro atoms. The van der Waals surface area contributed by atoms with Crippen molar-refractivity contribution in [2.45, 2.75) is 37.1 Å². The van der Waals surface area contributed by atoms with Gasteiger partial charge in [0.25, 0.3) is 5.91 Å². The molecule has 2 N–H and O–H groups in total. The minimum Gasteiger partial charge on any atom is -0.497 e. The Kier molecular flexibility index (Phi) is 9.34. The van der Waals surface area contributed by atoms with Gasteiger partial charge in [-0.25, -0.2) is 0 Å². The molecule has 0 saturated carbocycles. The number of amides is 2. The van der Waals surface area contributed by atoms with Gasteiger partial charge in [0.05, 0.1) is 33.9 Å². The average molecular weight is 602 g/mol. The molecule has 0 radical (unpaired) electrons. The van der Waals surface area contributed by atoms with Crippen molar-refractivity contribution in [1.82, 2.24) is 9.80 Å². The van der Waals surface area contributed by atoms with Crippen molar-refractivity contribution in [3.63, 3.8) is 0 Å². The van der Waals surface area contributed by atoms with Gasteiger partial charge in [-0.05, 0) is 67.6 Å². The summed E-state index contributed by atoms with van der Waals surface area (Å²) in [7, 11) is 6.28. The van der Waals surface area contributed by atoms with Gasteiger partial charge < -0.3 is 29.6 Å². The van der Waals surface area contributed by atoms with Gasteiger partial charge in [0.2, 0.25) is 11.7 Å². The molecule has 2 aliphatic rings. The standard InChI is InChI=1S/C35H43N3O6/c1-23(25-15-17-38(21-25)33(39)26-19-30(42-3)32(44-5)31(20-26)43-4)37-18-16-35(34(36)40,27-9-7-6-8-10-27)29(22-37)24-11-13-28(41-2)14-12-24/h6-14,19-20,23,25,29H,15-18,21-22H2,1-5H3,(H2,36,40). The molecule has 0 aromatic heterocycles. The summed E-state index contributed by atoms with van der Waals surface area (Å²) in [6.45, 7) is 4.93. The van der Waals surface area contributed by atoms with Crippen LogP contribution in [0.2, 0.25) is 0 Å². The molecule has 2 heterocycles. The van der Waals surface area contributed by atoms with Crippen molar-refractivity contribution in [3.8, 4) is 23.0 Å². The molecule has 9 heteroatoms. The van der Waals surface area contributed by atoms with Crippen LogP contribution in [0.1, 0.15) is 47.2 Å². The zero-order valence-electron chi connectivity index (χ0n) is 26.2. The Morgan fingerprint density at radius 2 is 1.52 bits per heavy atom. The van der Waals surface area contributed by atoms with Crippen LogP contribution in [0.25, 0.3) is 0 Å². The number of hydrogen-bond acceptors (Lipinski definition) is 7. The van der Waals surface area contributed by atoms with Gasteiger partial charge in [-0.1, -0.05) is 42.5 Å². The summed E-state index contributed by atoms with van der Waals surface area (Å²) in [5.74, 6) is 1.88. The van der Waals surface area contributed by atoms with Crippen LogP contribution in [-0.2, 0) is 10.2 Å². The Bertz CT molecular complexity index is 1440. The molecule has 0 aliphatic carbocycles. The molecule has 4 atom stereocenters. The third-order valence-corrected chi connectivity index (χ3v) is 9.73. The number of carbonyl (C=O) groups excluding carboxylic acids is 2. The number of benzene rings is 3. The molecule has 44 heavy (non-hydrogen) atoms. The second-order valence-corrected chi connectivity index (χ2v) is 11.7. The van der Waals surface area contributed by atoms with Crippen molar-refractivity contribution in [2.24, 2.45) is 11.7 Å². The van der Waals surface area contributed by atoms with E-state index in [9.17, 15) is 9.59 Å². The molecule has 2 aliphatic heterocycles. The average Bonchev–Trinajstić information content (AvgIpc) is 3.57. The number of hydrogen-bond donors (Lipinski definition) is 1. The first-order valence-electron chi connectivity index (χ1n) is 15.1. The van der Waals surface area contributed by atoms with E-state index < -0.39 is 5.41 Å². The number of rotatable bonds is 10. The van der Waals surface area contributed by atoms with Crippen molar-refractivity contribution in [2.75, 3.05) is 54.6 Å². The maximum absolute atomic E-state index is 13.6. The summed E-state index contributed by atoms with van der Waals surface area (Å²) in [5.41, 5.74) is 7.94. The second kappa shape index (κ2) is 13.2.